The highest BCUT2D eigenvalue weighted by Gasteiger charge is 2.21. The van der Waals surface area contributed by atoms with Crippen LogP contribution in [0, 0.1) is 0 Å². The van der Waals surface area contributed by atoms with Gasteiger partial charge in [0.15, 0.2) is 0 Å². The average Bonchev–Trinajstić information content (AvgIpc) is 3.26. The Balaban J connectivity index is 1.58. The van der Waals surface area contributed by atoms with Gasteiger partial charge in [0.1, 0.15) is 12.7 Å². The molecule has 0 saturated heterocycles. The minimum atomic E-state index is -3.48. The average molecular weight is 428 g/mol. The molecule has 0 bridgehead atoms. The monoisotopic (exact) mass is 427 g/mol. The minimum Gasteiger partial charge on any atom is -0.348 e. The molecule has 0 saturated carbocycles. The lowest BCUT2D eigenvalue weighted by Gasteiger charge is -2.18. The van der Waals surface area contributed by atoms with Crippen molar-refractivity contribution in [3.8, 4) is 0 Å². The largest absolute Gasteiger partial charge is 0.348 e. The Hall–Kier alpha value is -3.04. The normalized spacial score (nSPS) is 11.6. The highest BCUT2D eigenvalue weighted by molar-refractivity contribution is 7.89. The molecular formula is C21H25N5O3S. The van der Waals surface area contributed by atoms with Crippen LogP contribution in [-0.2, 0) is 23.1 Å². The van der Waals surface area contributed by atoms with Crippen LogP contribution in [0.25, 0.3) is 0 Å². The number of hydrogen-bond donors (Lipinski definition) is 1. The van der Waals surface area contributed by atoms with Crippen molar-refractivity contribution >= 4 is 15.9 Å². The number of sulfonamides is 1. The van der Waals surface area contributed by atoms with Gasteiger partial charge in [0.2, 0.25) is 10.0 Å². The van der Waals surface area contributed by atoms with E-state index in [-0.39, 0.29) is 10.8 Å². The third-order valence-electron chi connectivity index (χ3n) is 4.75. The van der Waals surface area contributed by atoms with E-state index in [1.54, 1.807) is 47.4 Å². The molecule has 1 N–H and O–H groups in total. The lowest BCUT2D eigenvalue weighted by molar-refractivity contribution is 0.0951. The first-order chi connectivity index (χ1) is 14.4. The molecule has 9 heteroatoms. The maximum Gasteiger partial charge on any atom is 0.251 e. The summed E-state index contributed by atoms with van der Waals surface area (Å²) >= 11 is 0. The van der Waals surface area contributed by atoms with Crippen LogP contribution < -0.4 is 5.32 Å². The number of hydrogen-bond acceptors (Lipinski definition) is 5. The quantitative estimate of drug-likeness (QED) is 0.565. The van der Waals surface area contributed by atoms with Crippen LogP contribution >= 0.6 is 0 Å². The zero-order valence-electron chi connectivity index (χ0n) is 17.0. The van der Waals surface area contributed by atoms with Gasteiger partial charge < -0.3 is 5.32 Å². The molecule has 158 valence electrons. The molecule has 0 aliphatic carbocycles. The molecule has 30 heavy (non-hydrogen) atoms. The molecule has 1 heterocycles. The first-order valence-corrected chi connectivity index (χ1v) is 11.2. The molecule has 0 spiro atoms. The lowest BCUT2D eigenvalue weighted by Crippen LogP contribution is -2.30. The molecule has 1 aromatic heterocycles. The van der Waals surface area contributed by atoms with Gasteiger partial charge >= 0.3 is 0 Å². The van der Waals surface area contributed by atoms with Crippen molar-refractivity contribution in [2.24, 2.45) is 0 Å². The summed E-state index contributed by atoms with van der Waals surface area (Å²) in [6, 6.07) is 13.9. The molecule has 2 aromatic carbocycles. The van der Waals surface area contributed by atoms with Crippen LogP contribution in [-0.4, -0.2) is 46.5 Å². The summed E-state index contributed by atoms with van der Waals surface area (Å²) in [6.07, 6.45) is 3.12. The number of benzene rings is 2. The number of carbonyl (C=O) groups is 1. The second-order valence-corrected chi connectivity index (χ2v) is 8.64. The fourth-order valence-corrected chi connectivity index (χ4v) is 4.50. The summed E-state index contributed by atoms with van der Waals surface area (Å²) in [7, 11) is -3.48. The zero-order valence-corrected chi connectivity index (χ0v) is 17.8. The Labute approximate surface area is 176 Å². The number of nitrogens with zero attached hydrogens (tertiary/aromatic N) is 4. The van der Waals surface area contributed by atoms with E-state index in [9.17, 15) is 13.2 Å². The lowest BCUT2D eigenvalue weighted by atomic mass is 10.1. The van der Waals surface area contributed by atoms with E-state index in [4.69, 9.17) is 0 Å². The molecule has 0 radical (unpaired) electrons. The maximum absolute atomic E-state index is 12.5. The Kier molecular flexibility index (Phi) is 6.96. The van der Waals surface area contributed by atoms with E-state index >= 15 is 0 Å². The van der Waals surface area contributed by atoms with Crippen molar-refractivity contribution < 1.29 is 13.2 Å². The predicted molar refractivity (Wildman–Crippen MR) is 113 cm³/mol. The van der Waals surface area contributed by atoms with Crippen molar-refractivity contribution in [2.75, 3.05) is 13.1 Å². The number of aromatic nitrogens is 3. The van der Waals surface area contributed by atoms with Gasteiger partial charge in [-0.25, -0.2) is 18.1 Å². The van der Waals surface area contributed by atoms with Crippen LogP contribution in [0.2, 0.25) is 0 Å². The Bertz CT molecular complexity index is 1060. The second-order valence-electron chi connectivity index (χ2n) is 6.71. The molecule has 1 amide bonds. The van der Waals surface area contributed by atoms with Crippen LogP contribution in [0.15, 0.2) is 66.1 Å². The zero-order chi connectivity index (χ0) is 21.6. The fourth-order valence-electron chi connectivity index (χ4n) is 3.04. The van der Waals surface area contributed by atoms with Crippen molar-refractivity contribution in [1.29, 1.82) is 0 Å². The smallest absolute Gasteiger partial charge is 0.251 e. The number of rotatable bonds is 9. The Morgan fingerprint density at radius 3 is 2.20 bits per heavy atom. The minimum absolute atomic E-state index is 0.192. The number of nitrogens with one attached hydrogen (secondary N) is 1. The summed E-state index contributed by atoms with van der Waals surface area (Å²) < 4.78 is 28.2. The van der Waals surface area contributed by atoms with Gasteiger partial charge in [-0.15, -0.1) is 0 Å². The molecule has 3 rings (SSSR count). The van der Waals surface area contributed by atoms with E-state index in [0.717, 1.165) is 11.1 Å². The van der Waals surface area contributed by atoms with Gasteiger partial charge in [0.05, 0.1) is 11.4 Å². The highest BCUT2D eigenvalue weighted by atomic mass is 32.2. The van der Waals surface area contributed by atoms with Gasteiger partial charge in [-0.1, -0.05) is 38.1 Å². The molecule has 0 unspecified atom stereocenters. The first-order valence-electron chi connectivity index (χ1n) is 9.72. The van der Waals surface area contributed by atoms with Gasteiger partial charge in [-0.3, -0.25) is 4.79 Å². The van der Waals surface area contributed by atoms with Gasteiger partial charge in [-0.2, -0.15) is 9.40 Å². The van der Waals surface area contributed by atoms with E-state index in [2.05, 4.69) is 15.4 Å². The third kappa shape index (κ3) is 5.11. The van der Waals surface area contributed by atoms with Gasteiger partial charge in [0, 0.05) is 25.2 Å². The van der Waals surface area contributed by atoms with E-state index in [1.165, 1.54) is 10.6 Å². The molecule has 0 fully saturated rings. The van der Waals surface area contributed by atoms with Crippen molar-refractivity contribution in [3.05, 3.63) is 77.9 Å². The summed E-state index contributed by atoms with van der Waals surface area (Å²) in [4.78, 5) is 16.6. The van der Waals surface area contributed by atoms with Crippen LogP contribution in [0.5, 0.6) is 0 Å². The number of amides is 1. The topological polar surface area (TPSA) is 97.2 Å². The standard InChI is InChI=1S/C21H25N5O3S/c1-3-26(4-2)30(28,29)20-11-7-17(8-12-20)13-23-21(27)19-9-5-18(6-10-19)14-25-16-22-15-24-25/h5-12,15-16H,3-4,13-14H2,1-2H3,(H,23,27). The predicted octanol–water partition coefficient (Wildman–Crippen LogP) is 2.29. The van der Waals surface area contributed by atoms with E-state index in [0.29, 0.717) is 31.7 Å². The van der Waals surface area contributed by atoms with Crippen LogP contribution in [0.1, 0.15) is 35.3 Å². The summed E-state index contributed by atoms with van der Waals surface area (Å²) in [6.45, 7) is 5.37. The molecule has 0 atom stereocenters. The summed E-state index contributed by atoms with van der Waals surface area (Å²) in [5.74, 6) is -0.192. The maximum atomic E-state index is 12.5. The molecule has 0 aliphatic rings. The van der Waals surface area contributed by atoms with Gasteiger partial charge in [-0.05, 0) is 35.4 Å². The SMILES string of the molecule is CCN(CC)S(=O)(=O)c1ccc(CNC(=O)c2ccc(Cn3cncn3)cc2)cc1. The molecular weight excluding hydrogens is 402 g/mol. The third-order valence-corrected chi connectivity index (χ3v) is 6.81. The number of carbonyl (C=O) groups excluding carboxylic acids is 1. The second kappa shape index (κ2) is 9.64. The molecule has 8 nitrogen and oxygen atoms in total. The van der Waals surface area contributed by atoms with Crippen LogP contribution in [0.4, 0.5) is 0 Å². The molecule has 3 aromatic rings. The summed E-state index contributed by atoms with van der Waals surface area (Å²) in [5.41, 5.74) is 2.39. The van der Waals surface area contributed by atoms with Crippen molar-refractivity contribution in [2.45, 2.75) is 31.8 Å². The van der Waals surface area contributed by atoms with Crippen molar-refractivity contribution in [1.82, 2.24) is 24.4 Å². The highest BCUT2D eigenvalue weighted by Crippen LogP contribution is 2.16. The molecule has 0 aliphatic heterocycles. The van der Waals surface area contributed by atoms with E-state index < -0.39 is 10.0 Å². The Morgan fingerprint density at radius 2 is 1.63 bits per heavy atom. The first kappa shape index (κ1) is 21.7. The fraction of sp³-hybridized carbons (Fsp3) is 0.286. The van der Waals surface area contributed by atoms with Gasteiger partial charge in [0.25, 0.3) is 5.91 Å². The van der Waals surface area contributed by atoms with Crippen molar-refractivity contribution in [3.63, 3.8) is 0 Å². The Morgan fingerprint density at radius 1 is 1.00 bits per heavy atom. The van der Waals surface area contributed by atoms with E-state index in [1.807, 2.05) is 26.0 Å². The summed E-state index contributed by atoms with van der Waals surface area (Å²) in [5, 5.41) is 6.92. The van der Waals surface area contributed by atoms with Crippen LogP contribution in [0.3, 0.4) is 0 Å².